The summed E-state index contributed by atoms with van der Waals surface area (Å²) in [5.74, 6) is 0.310. The van der Waals surface area contributed by atoms with E-state index in [1.807, 2.05) is 55.5 Å². The van der Waals surface area contributed by atoms with E-state index < -0.39 is 4.92 Å². The zero-order valence-corrected chi connectivity index (χ0v) is 22.3. The number of para-hydroxylation sites is 1. The van der Waals surface area contributed by atoms with E-state index in [-0.39, 0.29) is 29.5 Å². The van der Waals surface area contributed by atoms with Crippen molar-refractivity contribution in [2.75, 3.05) is 20.3 Å². The van der Waals surface area contributed by atoms with E-state index in [0.29, 0.717) is 19.7 Å². The third-order valence-corrected chi connectivity index (χ3v) is 7.54. The lowest BCUT2D eigenvalue weighted by Gasteiger charge is -2.24. The van der Waals surface area contributed by atoms with Gasteiger partial charge in [0.05, 0.1) is 17.6 Å². The molecule has 1 aliphatic rings. The second-order valence-corrected chi connectivity index (χ2v) is 10.4. The van der Waals surface area contributed by atoms with Crippen LogP contribution >= 0.6 is 0 Å². The summed E-state index contributed by atoms with van der Waals surface area (Å²) in [4.78, 5) is 24.5. The van der Waals surface area contributed by atoms with Gasteiger partial charge in [-0.25, -0.2) is 0 Å². The van der Waals surface area contributed by atoms with E-state index >= 15 is 0 Å². The number of non-ortho nitro benzene ring substituents is 1. The molecule has 39 heavy (non-hydrogen) atoms. The van der Waals surface area contributed by atoms with Gasteiger partial charge in [-0.2, -0.15) is 0 Å². The first-order chi connectivity index (χ1) is 18.8. The van der Waals surface area contributed by atoms with Crippen molar-refractivity contribution >= 4 is 22.5 Å². The lowest BCUT2D eigenvalue weighted by atomic mass is 9.87. The highest BCUT2D eigenvalue weighted by atomic mass is 16.6. The van der Waals surface area contributed by atoms with Gasteiger partial charge < -0.3 is 19.4 Å². The number of hydrogen-bond acceptors (Lipinski definition) is 5. The second-order valence-electron chi connectivity index (χ2n) is 10.4. The molecule has 1 N–H and O–H groups in total. The summed E-state index contributed by atoms with van der Waals surface area (Å²) in [6.45, 7) is 3.79. The van der Waals surface area contributed by atoms with Crippen molar-refractivity contribution in [3.05, 3.63) is 106 Å². The molecule has 3 aromatic carbocycles. The first kappa shape index (κ1) is 26.4. The van der Waals surface area contributed by atoms with Crippen molar-refractivity contribution in [3.8, 4) is 5.75 Å². The van der Waals surface area contributed by atoms with Crippen LogP contribution in [0.3, 0.4) is 0 Å². The van der Waals surface area contributed by atoms with Crippen LogP contribution in [0.2, 0.25) is 0 Å². The van der Waals surface area contributed by atoms with Crippen LogP contribution in [0.4, 0.5) is 5.69 Å². The summed E-state index contributed by atoms with van der Waals surface area (Å²) in [7, 11) is 1.64. The Morgan fingerprint density at radius 3 is 2.67 bits per heavy atom. The van der Waals surface area contributed by atoms with E-state index in [0.717, 1.165) is 46.2 Å². The van der Waals surface area contributed by atoms with Crippen LogP contribution < -0.4 is 10.1 Å². The number of nitrogens with zero attached hydrogens (tertiary/aromatic N) is 2. The molecule has 0 unspecified atom stereocenters. The van der Waals surface area contributed by atoms with Gasteiger partial charge in [-0.05, 0) is 54.7 Å². The van der Waals surface area contributed by atoms with E-state index in [1.165, 1.54) is 6.07 Å². The first-order valence-electron chi connectivity index (χ1n) is 13.2. The van der Waals surface area contributed by atoms with Gasteiger partial charge in [0.25, 0.3) is 5.69 Å². The minimum absolute atomic E-state index is 0.00625. The number of hydrogen-bond donors (Lipinski definition) is 1. The Morgan fingerprint density at radius 1 is 1.15 bits per heavy atom. The molecule has 4 aromatic rings. The van der Waals surface area contributed by atoms with Crippen molar-refractivity contribution in [1.29, 1.82) is 0 Å². The van der Waals surface area contributed by atoms with Crippen molar-refractivity contribution in [2.24, 2.45) is 0 Å². The Kier molecular flexibility index (Phi) is 7.65. The number of nitro groups is 1. The molecule has 1 aromatic heterocycles. The first-order valence-corrected chi connectivity index (χ1v) is 13.2. The lowest BCUT2D eigenvalue weighted by molar-refractivity contribution is -0.384. The monoisotopic (exact) mass is 527 g/mol. The van der Waals surface area contributed by atoms with Crippen LogP contribution in [0.5, 0.6) is 5.75 Å². The number of benzene rings is 3. The molecular formula is C31H33N3O5. The molecule has 1 fully saturated rings. The summed E-state index contributed by atoms with van der Waals surface area (Å²) in [6.07, 6.45) is 4.12. The second kappa shape index (κ2) is 11.3. The predicted molar refractivity (Wildman–Crippen MR) is 150 cm³/mol. The number of rotatable bonds is 10. The maximum atomic E-state index is 13.3. The van der Waals surface area contributed by atoms with E-state index in [2.05, 4.69) is 22.1 Å². The highest BCUT2D eigenvalue weighted by molar-refractivity contribution is 5.87. The molecule has 1 amide bonds. The highest BCUT2D eigenvalue weighted by Crippen LogP contribution is 2.36. The van der Waals surface area contributed by atoms with Crippen molar-refractivity contribution in [2.45, 2.75) is 44.2 Å². The van der Waals surface area contributed by atoms with Gasteiger partial charge >= 0.3 is 0 Å². The van der Waals surface area contributed by atoms with Crippen LogP contribution in [0.1, 0.15) is 48.8 Å². The highest BCUT2D eigenvalue weighted by Gasteiger charge is 2.31. The molecule has 8 nitrogen and oxygen atoms in total. The van der Waals surface area contributed by atoms with Crippen LogP contribution in [0.15, 0.2) is 79.0 Å². The van der Waals surface area contributed by atoms with Gasteiger partial charge in [0, 0.05) is 61.3 Å². The Bertz CT molecular complexity index is 1470. The number of carbonyl (C=O) groups is 1. The number of fused-ring (bicyclic) bond motifs is 1. The summed E-state index contributed by atoms with van der Waals surface area (Å²) < 4.78 is 13.3. The van der Waals surface area contributed by atoms with E-state index in [9.17, 15) is 14.9 Å². The van der Waals surface area contributed by atoms with Gasteiger partial charge in [-0.3, -0.25) is 14.9 Å². The van der Waals surface area contributed by atoms with Crippen LogP contribution in [-0.2, 0) is 16.1 Å². The van der Waals surface area contributed by atoms with Crippen LogP contribution in [0.25, 0.3) is 10.9 Å². The third-order valence-electron chi connectivity index (χ3n) is 7.54. The standard InChI is InChI=1S/C31H33N3O5/c1-31(15-6-16-39-31)21-32-30(35)18-27(23-7-5-8-24(17-23)34(36)37)28-20-33(29-10-4-3-9-26(28)29)19-22-11-13-25(38-2)14-12-22/h3-5,7-14,17,20,27H,6,15-16,18-19,21H2,1-2H3,(H,32,35)/t27-,31-/m0/s1. The average molecular weight is 528 g/mol. The van der Waals surface area contributed by atoms with E-state index in [1.54, 1.807) is 19.2 Å². The molecule has 5 rings (SSSR count). The Morgan fingerprint density at radius 2 is 1.95 bits per heavy atom. The van der Waals surface area contributed by atoms with E-state index in [4.69, 9.17) is 9.47 Å². The summed E-state index contributed by atoms with van der Waals surface area (Å²) in [6, 6.07) is 22.6. The minimum atomic E-state index is -0.397. The van der Waals surface area contributed by atoms with Gasteiger partial charge in [0.2, 0.25) is 5.91 Å². The van der Waals surface area contributed by atoms with Crippen LogP contribution in [0, 0.1) is 10.1 Å². The SMILES string of the molecule is COc1ccc(Cn2cc([C@@H](CC(=O)NC[C@]3(C)CCCO3)c3cccc([N+](=O)[O-])c3)c3ccccc32)cc1. The maximum absolute atomic E-state index is 13.3. The normalized spacial score (nSPS) is 17.7. The zero-order valence-electron chi connectivity index (χ0n) is 22.3. The number of aromatic nitrogens is 1. The fourth-order valence-electron chi connectivity index (χ4n) is 5.39. The van der Waals surface area contributed by atoms with Crippen molar-refractivity contribution in [3.63, 3.8) is 0 Å². The van der Waals surface area contributed by atoms with Crippen LogP contribution in [-0.4, -0.2) is 41.3 Å². The molecule has 0 saturated carbocycles. The summed E-state index contributed by atoms with van der Waals surface area (Å²) in [5, 5.41) is 15.7. The third kappa shape index (κ3) is 5.96. The molecule has 202 valence electrons. The van der Waals surface area contributed by atoms with Gasteiger partial charge in [0.1, 0.15) is 5.75 Å². The predicted octanol–water partition coefficient (Wildman–Crippen LogP) is 5.81. The quantitative estimate of drug-likeness (QED) is 0.207. The zero-order chi connectivity index (χ0) is 27.4. The number of nitrogens with one attached hydrogen (secondary N) is 1. The van der Waals surface area contributed by atoms with Gasteiger partial charge in [-0.1, -0.05) is 42.5 Å². The molecule has 1 aliphatic heterocycles. The molecular weight excluding hydrogens is 494 g/mol. The summed E-state index contributed by atoms with van der Waals surface area (Å²) in [5.41, 5.74) is 3.48. The number of methoxy groups -OCH3 is 1. The summed E-state index contributed by atoms with van der Waals surface area (Å²) >= 11 is 0. The topological polar surface area (TPSA) is 95.6 Å². The lowest BCUT2D eigenvalue weighted by Crippen LogP contribution is -2.40. The smallest absolute Gasteiger partial charge is 0.269 e. The number of carbonyl (C=O) groups excluding carboxylic acids is 1. The minimum Gasteiger partial charge on any atom is -0.497 e. The Hall–Kier alpha value is -4.17. The molecule has 0 bridgehead atoms. The van der Waals surface area contributed by atoms with Crippen molar-refractivity contribution in [1.82, 2.24) is 9.88 Å². The maximum Gasteiger partial charge on any atom is 0.269 e. The number of amides is 1. The van der Waals surface area contributed by atoms with Crippen molar-refractivity contribution < 1.29 is 19.2 Å². The van der Waals surface area contributed by atoms with Gasteiger partial charge in [0.15, 0.2) is 0 Å². The molecule has 0 spiro atoms. The molecule has 2 atom stereocenters. The molecule has 0 aliphatic carbocycles. The van der Waals surface area contributed by atoms with Gasteiger partial charge in [-0.15, -0.1) is 0 Å². The number of ether oxygens (including phenoxy) is 2. The fourth-order valence-corrected chi connectivity index (χ4v) is 5.39. The average Bonchev–Trinajstić information content (AvgIpc) is 3.55. The number of nitro benzene ring substituents is 1. The molecule has 8 heteroatoms. The fraction of sp³-hybridized carbons (Fsp3) is 0.323. The molecule has 0 radical (unpaired) electrons. The Labute approximate surface area is 227 Å². The molecule has 2 heterocycles. The Balaban J connectivity index is 1.51. The molecule has 1 saturated heterocycles. The largest absolute Gasteiger partial charge is 0.497 e.